The summed E-state index contributed by atoms with van der Waals surface area (Å²) in [6, 6.07) is 22.8. The molecule has 0 atom stereocenters. The molecule has 36 heavy (non-hydrogen) atoms. The van der Waals surface area contributed by atoms with Gasteiger partial charge in [0.25, 0.3) is 5.56 Å². The monoisotopic (exact) mass is 481 g/mol. The van der Waals surface area contributed by atoms with Crippen molar-refractivity contribution in [3.8, 4) is 11.5 Å². The molecular weight excluding hydrogens is 454 g/mol. The molecule has 1 amide bonds. The van der Waals surface area contributed by atoms with E-state index in [1.165, 1.54) is 0 Å². The number of fused-ring (bicyclic) bond motifs is 2. The van der Waals surface area contributed by atoms with Gasteiger partial charge in [-0.25, -0.2) is 4.98 Å². The normalized spacial score (nSPS) is 12.7. The number of nitrogens with zero attached hydrogens (tertiary/aromatic N) is 2. The lowest BCUT2D eigenvalue weighted by molar-refractivity contribution is -0.118. The van der Waals surface area contributed by atoms with Gasteiger partial charge in [0.05, 0.1) is 10.9 Å². The number of amides is 1. The zero-order chi connectivity index (χ0) is 24.7. The molecule has 182 valence electrons. The van der Waals surface area contributed by atoms with Crippen LogP contribution >= 0.6 is 0 Å². The van der Waals surface area contributed by atoms with E-state index < -0.39 is 0 Å². The Labute approximate surface area is 209 Å². The summed E-state index contributed by atoms with van der Waals surface area (Å²) < 4.78 is 11.4. The van der Waals surface area contributed by atoms with E-state index in [-0.39, 0.29) is 11.5 Å². The topological polar surface area (TPSA) is 84.5 Å². The quantitative estimate of drug-likeness (QED) is 0.392. The number of H-pyrrole nitrogens is 1. The Hall–Kier alpha value is -4.39. The number of benzene rings is 3. The molecule has 5 rings (SSSR count). The maximum Gasteiger partial charge on any atom is 0.258 e. The molecule has 0 bridgehead atoms. The number of aryl methyl sites for hydroxylation is 1. The Kier molecular flexibility index (Phi) is 7.07. The third kappa shape index (κ3) is 5.46. The van der Waals surface area contributed by atoms with Crippen molar-refractivity contribution in [2.24, 2.45) is 0 Å². The van der Waals surface area contributed by atoms with Gasteiger partial charge in [0.2, 0.25) is 5.91 Å². The molecule has 7 heteroatoms. The first kappa shape index (κ1) is 23.4. The summed E-state index contributed by atoms with van der Waals surface area (Å²) in [5.74, 6) is 1.89. The molecule has 1 aliphatic heterocycles. The standard InChI is InChI=1S/C29H27N3O4/c33-28(14-6-13-27-30-24-12-5-4-11-23(24)29(34)31-27)32(17-7-10-21-8-2-1-3-9-21)22-15-16-25-26(20-22)36-19-18-35-25/h1-5,7-12,15-16,20H,6,13-14,17-19H2,(H,30,31,34)/b10-7+. The fourth-order valence-corrected chi connectivity index (χ4v) is 4.20. The van der Waals surface area contributed by atoms with E-state index in [4.69, 9.17) is 9.47 Å². The predicted molar refractivity (Wildman–Crippen MR) is 141 cm³/mol. The Morgan fingerprint density at radius 1 is 0.972 bits per heavy atom. The molecule has 0 saturated carbocycles. The Bertz CT molecular complexity index is 1450. The number of hydrogen-bond acceptors (Lipinski definition) is 5. The summed E-state index contributed by atoms with van der Waals surface area (Å²) in [7, 11) is 0. The molecule has 3 aromatic carbocycles. The molecule has 2 heterocycles. The number of carbonyl (C=O) groups excluding carboxylic acids is 1. The summed E-state index contributed by atoms with van der Waals surface area (Å²) in [5, 5.41) is 0.562. The van der Waals surface area contributed by atoms with Crippen molar-refractivity contribution in [2.45, 2.75) is 19.3 Å². The first-order chi connectivity index (χ1) is 17.7. The zero-order valence-corrected chi connectivity index (χ0v) is 19.9. The van der Waals surface area contributed by atoms with Crippen LogP contribution in [0.2, 0.25) is 0 Å². The van der Waals surface area contributed by atoms with E-state index in [1.54, 1.807) is 11.0 Å². The zero-order valence-electron chi connectivity index (χ0n) is 19.9. The minimum absolute atomic E-state index is 0.0208. The number of carbonyl (C=O) groups is 1. The van der Waals surface area contributed by atoms with Crippen molar-refractivity contribution in [1.82, 2.24) is 9.97 Å². The largest absolute Gasteiger partial charge is 0.486 e. The van der Waals surface area contributed by atoms with Crippen LogP contribution in [0.5, 0.6) is 11.5 Å². The highest BCUT2D eigenvalue weighted by atomic mass is 16.6. The second kappa shape index (κ2) is 10.9. The molecule has 4 aromatic rings. The predicted octanol–water partition coefficient (Wildman–Crippen LogP) is 4.76. The van der Waals surface area contributed by atoms with Crippen LogP contribution < -0.4 is 19.9 Å². The Morgan fingerprint density at radius 2 is 1.75 bits per heavy atom. The van der Waals surface area contributed by atoms with Crippen molar-refractivity contribution in [3.05, 3.63) is 101 Å². The number of nitrogens with one attached hydrogen (secondary N) is 1. The second-order valence-corrected chi connectivity index (χ2v) is 8.53. The fraction of sp³-hybridized carbons (Fsp3) is 0.207. The van der Waals surface area contributed by atoms with Gasteiger partial charge in [-0.05, 0) is 36.2 Å². The molecular formula is C29H27N3O4. The SMILES string of the molecule is O=C(CCCc1nc2ccccc2c(=O)[nH]1)N(C/C=C/c1ccccc1)c1ccc2c(c1)OCCO2. The van der Waals surface area contributed by atoms with Gasteiger partial charge in [-0.3, -0.25) is 9.59 Å². The number of rotatable bonds is 8. The van der Waals surface area contributed by atoms with Crippen molar-refractivity contribution < 1.29 is 14.3 Å². The molecule has 0 spiro atoms. The molecule has 0 radical (unpaired) electrons. The summed E-state index contributed by atoms with van der Waals surface area (Å²) >= 11 is 0. The average molecular weight is 482 g/mol. The lowest BCUT2D eigenvalue weighted by Crippen LogP contribution is -2.31. The van der Waals surface area contributed by atoms with Gasteiger partial charge in [0.1, 0.15) is 19.0 Å². The van der Waals surface area contributed by atoms with Crippen molar-refractivity contribution >= 4 is 28.6 Å². The van der Waals surface area contributed by atoms with Gasteiger partial charge in [-0.2, -0.15) is 0 Å². The summed E-state index contributed by atoms with van der Waals surface area (Å²) in [4.78, 5) is 34.8. The lowest BCUT2D eigenvalue weighted by atomic mass is 10.1. The average Bonchev–Trinajstić information content (AvgIpc) is 2.91. The van der Waals surface area contributed by atoms with E-state index >= 15 is 0 Å². The number of ether oxygens (including phenoxy) is 2. The van der Waals surface area contributed by atoms with Gasteiger partial charge in [-0.1, -0.05) is 54.6 Å². The molecule has 1 aliphatic rings. The van der Waals surface area contributed by atoms with Crippen LogP contribution in [0.3, 0.4) is 0 Å². The maximum atomic E-state index is 13.4. The first-order valence-electron chi connectivity index (χ1n) is 12.1. The number of anilines is 1. The van der Waals surface area contributed by atoms with Crippen LogP contribution in [0.25, 0.3) is 17.0 Å². The van der Waals surface area contributed by atoms with Crippen LogP contribution in [0.15, 0.2) is 83.7 Å². The van der Waals surface area contributed by atoms with E-state index in [9.17, 15) is 9.59 Å². The molecule has 1 N–H and O–H groups in total. The molecule has 0 fully saturated rings. The van der Waals surface area contributed by atoms with Gasteiger partial charge < -0.3 is 19.4 Å². The number of aromatic nitrogens is 2. The molecule has 0 aliphatic carbocycles. The smallest absolute Gasteiger partial charge is 0.258 e. The van der Waals surface area contributed by atoms with Crippen molar-refractivity contribution in [3.63, 3.8) is 0 Å². The third-order valence-corrected chi connectivity index (χ3v) is 6.00. The summed E-state index contributed by atoms with van der Waals surface area (Å²) in [6.45, 7) is 1.41. The van der Waals surface area contributed by atoms with E-state index in [1.807, 2.05) is 78.9 Å². The molecule has 7 nitrogen and oxygen atoms in total. The maximum absolute atomic E-state index is 13.4. The van der Waals surface area contributed by atoms with Gasteiger partial charge in [0.15, 0.2) is 11.5 Å². The van der Waals surface area contributed by atoms with E-state index in [0.29, 0.717) is 67.2 Å². The summed E-state index contributed by atoms with van der Waals surface area (Å²) in [5.41, 5.74) is 2.31. The van der Waals surface area contributed by atoms with Crippen molar-refractivity contribution in [2.75, 3.05) is 24.7 Å². The first-order valence-corrected chi connectivity index (χ1v) is 12.1. The molecule has 0 saturated heterocycles. The lowest BCUT2D eigenvalue weighted by Gasteiger charge is -2.24. The van der Waals surface area contributed by atoms with E-state index in [2.05, 4.69) is 9.97 Å². The highest BCUT2D eigenvalue weighted by Gasteiger charge is 2.19. The number of para-hydroxylation sites is 1. The van der Waals surface area contributed by atoms with Gasteiger partial charge in [0, 0.05) is 31.1 Å². The minimum Gasteiger partial charge on any atom is -0.486 e. The van der Waals surface area contributed by atoms with Gasteiger partial charge >= 0.3 is 0 Å². The van der Waals surface area contributed by atoms with Crippen LogP contribution in [0.1, 0.15) is 24.2 Å². The van der Waals surface area contributed by atoms with Gasteiger partial charge in [-0.15, -0.1) is 0 Å². The Morgan fingerprint density at radius 3 is 2.61 bits per heavy atom. The number of aromatic amines is 1. The van der Waals surface area contributed by atoms with E-state index in [0.717, 1.165) is 11.3 Å². The summed E-state index contributed by atoms with van der Waals surface area (Å²) in [6.07, 6.45) is 5.35. The van der Waals surface area contributed by atoms with Crippen molar-refractivity contribution in [1.29, 1.82) is 0 Å². The van der Waals surface area contributed by atoms with Crippen LogP contribution in [0, 0.1) is 0 Å². The minimum atomic E-state index is -0.161. The second-order valence-electron chi connectivity index (χ2n) is 8.53. The van der Waals surface area contributed by atoms with Crippen LogP contribution in [0.4, 0.5) is 5.69 Å². The Balaban J connectivity index is 1.30. The highest BCUT2D eigenvalue weighted by molar-refractivity contribution is 5.94. The number of hydrogen-bond donors (Lipinski definition) is 1. The fourth-order valence-electron chi connectivity index (χ4n) is 4.20. The molecule has 1 aromatic heterocycles. The molecule has 0 unspecified atom stereocenters. The van der Waals surface area contributed by atoms with Crippen LogP contribution in [-0.4, -0.2) is 35.6 Å². The van der Waals surface area contributed by atoms with Crippen LogP contribution in [-0.2, 0) is 11.2 Å². The highest BCUT2D eigenvalue weighted by Crippen LogP contribution is 2.34. The third-order valence-electron chi connectivity index (χ3n) is 6.00.